The highest BCUT2D eigenvalue weighted by Crippen LogP contribution is 2.40. The highest BCUT2D eigenvalue weighted by atomic mass is 127. The summed E-state index contributed by atoms with van der Waals surface area (Å²) in [6.07, 6.45) is -0.0471. The van der Waals surface area contributed by atoms with Crippen molar-refractivity contribution in [2.45, 2.75) is 56.4 Å². The van der Waals surface area contributed by atoms with Gasteiger partial charge in [0, 0.05) is 40.2 Å². The van der Waals surface area contributed by atoms with E-state index in [2.05, 4.69) is 10.0 Å². The molecule has 0 amide bonds. The van der Waals surface area contributed by atoms with E-state index in [0.29, 0.717) is 20.2 Å². The smallest absolute Gasteiger partial charge is 0.309 e. The molecule has 0 saturated heterocycles. The van der Waals surface area contributed by atoms with Crippen molar-refractivity contribution in [3.63, 3.8) is 0 Å². The molecule has 9 nitrogen and oxygen atoms in total. The van der Waals surface area contributed by atoms with Gasteiger partial charge in [-0.25, -0.2) is 8.42 Å². The molecule has 40 heavy (non-hydrogen) atoms. The first-order valence-electron chi connectivity index (χ1n) is 12.5. The number of azide groups is 1. The molecule has 1 aromatic heterocycles. The summed E-state index contributed by atoms with van der Waals surface area (Å²) in [6.45, 7) is 7.46. The lowest BCUT2D eigenvalue weighted by molar-refractivity contribution is -0.146. The summed E-state index contributed by atoms with van der Waals surface area (Å²) in [5.41, 5.74) is 10.6. The molecule has 208 valence electrons. The van der Waals surface area contributed by atoms with Crippen molar-refractivity contribution in [2.75, 3.05) is 0 Å². The summed E-state index contributed by atoms with van der Waals surface area (Å²) in [5, 5.41) is 24.1. The maximum atomic E-state index is 14.3. The van der Waals surface area contributed by atoms with Crippen LogP contribution < -0.4 is 0 Å². The highest BCUT2D eigenvalue weighted by Gasteiger charge is 2.35. The molecule has 3 aromatic carbocycles. The molecule has 2 N–H and O–H groups in total. The molecule has 4 aromatic rings. The summed E-state index contributed by atoms with van der Waals surface area (Å²) in [4.78, 5) is 15.1. The Morgan fingerprint density at radius 2 is 1.77 bits per heavy atom. The Morgan fingerprint density at radius 1 is 1.10 bits per heavy atom. The van der Waals surface area contributed by atoms with Gasteiger partial charge in [-0.3, -0.25) is 4.79 Å². The molecule has 4 rings (SSSR count). The second kappa shape index (κ2) is 11.1. The van der Waals surface area contributed by atoms with Gasteiger partial charge in [-0.2, -0.15) is 0 Å². The summed E-state index contributed by atoms with van der Waals surface area (Å²) < 4.78 is 31.2. The fourth-order valence-corrected chi connectivity index (χ4v) is 6.85. The average Bonchev–Trinajstić information content (AvgIpc) is 3.18. The van der Waals surface area contributed by atoms with Crippen molar-refractivity contribution in [3.05, 3.63) is 91.5 Å². The lowest BCUT2D eigenvalue weighted by Crippen LogP contribution is -2.28. The number of aliphatic carboxylic acids is 1. The Labute approximate surface area is 246 Å². The van der Waals surface area contributed by atoms with Gasteiger partial charge < -0.3 is 14.8 Å². The third-order valence-corrected chi connectivity index (χ3v) is 9.68. The van der Waals surface area contributed by atoms with E-state index in [-0.39, 0.29) is 40.1 Å². The van der Waals surface area contributed by atoms with Gasteiger partial charge in [0.2, 0.25) is 9.84 Å². The number of rotatable bonds is 9. The third-order valence-electron chi connectivity index (χ3n) is 6.93. The van der Waals surface area contributed by atoms with Crippen LogP contribution in [0.3, 0.4) is 0 Å². The zero-order chi connectivity index (χ0) is 29.4. The van der Waals surface area contributed by atoms with Crippen LogP contribution in [-0.2, 0) is 27.6 Å². The maximum absolute atomic E-state index is 14.3. The van der Waals surface area contributed by atoms with Crippen molar-refractivity contribution in [1.82, 2.24) is 4.57 Å². The van der Waals surface area contributed by atoms with Crippen LogP contribution in [-0.4, -0.2) is 29.2 Å². The first-order valence-corrected chi connectivity index (χ1v) is 15.1. The van der Waals surface area contributed by atoms with Gasteiger partial charge in [0.05, 0.1) is 13.9 Å². The third kappa shape index (κ3) is 5.67. The van der Waals surface area contributed by atoms with Gasteiger partial charge in [-0.1, -0.05) is 43.2 Å². The monoisotopic (exact) mass is 672 g/mol. The summed E-state index contributed by atoms with van der Waals surface area (Å²) >= 11 is 2.03. The van der Waals surface area contributed by atoms with Crippen molar-refractivity contribution in [3.8, 4) is 5.75 Å². The van der Waals surface area contributed by atoms with E-state index in [1.54, 1.807) is 26.0 Å². The predicted molar refractivity (Wildman–Crippen MR) is 162 cm³/mol. The van der Waals surface area contributed by atoms with Crippen molar-refractivity contribution >= 4 is 55.0 Å². The second-order valence-electron chi connectivity index (χ2n) is 10.6. The van der Waals surface area contributed by atoms with E-state index in [0.717, 1.165) is 11.1 Å². The molecule has 0 unspecified atom stereocenters. The topological polar surface area (TPSA) is 145 Å². The van der Waals surface area contributed by atoms with Crippen LogP contribution >= 0.6 is 22.6 Å². The Kier molecular flexibility index (Phi) is 8.21. The molecular formula is C29H29IN4O5S. The maximum Gasteiger partial charge on any atom is 0.309 e. The standard InChI is InChI=1S/C29H29IN4O5S/c1-17(2)19-6-11-24-22(14-19)27(40(38,39)21-9-7-20(8-10-21)32-33-31)25(15-29(3,4)28(36)37)34(24)16-18-5-12-26(35)23(30)13-18/h5-14,17,35H,15-16H2,1-4H3,(H,36,37). The van der Waals surface area contributed by atoms with E-state index >= 15 is 0 Å². The number of aromatic nitrogens is 1. The van der Waals surface area contributed by atoms with Crippen molar-refractivity contribution < 1.29 is 23.4 Å². The number of hydrogen-bond acceptors (Lipinski definition) is 5. The first-order chi connectivity index (χ1) is 18.8. The fourth-order valence-electron chi connectivity index (χ4n) is 4.60. The number of halogens is 1. The molecule has 0 aliphatic heterocycles. The SMILES string of the molecule is CC(C)c1ccc2c(c1)c(S(=O)(=O)c1ccc(N=[N+]=[N-])cc1)c(CC(C)(C)C(=O)O)n2Cc1ccc(O)c(I)c1. The number of sulfone groups is 1. The van der Waals surface area contributed by atoms with Gasteiger partial charge in [-0.05, 0) is 95.4 Å². The molecule has 0 fully saturated rings. The molecule has 1 heterocycles. The number of carboxylic acids is 1. The molecule has 0 radical (unpaired) electrons. The quantitative estimate of drug-likeness (QED) is 0.0816. The number of nitrogens with zero attached hydrogens (tertiary/aromatic N) is 4. The fraction of sp³-hybridized carbons (Fsp3) is 0.276. The number of aromatic hydroxyl groups is 1. The summed E-state index contributed by atoms with van der Waals surface area (Å²) in [7, 11) is -4.14. The predicted octanol–water partition coefficient (Wildman–Crippen LogP) is 7.55. The van der Waals surface area contributed by atoms with E-state index < -0.39 is 21.2 Å². The van der Waals surface area contributed by atoms with Gasteiger partial charge in [0.25, 0.3) is 0 Å². The van der Waals surface area contributed by atoms with Crippen LogP contribution in [0.25, 0.3) is 21.3 Å². The van der Waals surface area contributed by atoms with Crippen LogP contribution in [0.15, 0.2) is 75.6 Å². The zero-order valence-corrected chi connectivity index (χ0v) is 25.4. The van der Waals surface area contributed by atoms with Gasteiger partial charge in [0.1, 0.15) is 10.6 Å². The number of phenolic OH excluding ortho intramolecular Hbond substituents is 1. The number of benzene rings is 3. The Bertz CT molecular complexity index is 1770. The molecular weight excluding hydrogens is 643 g/mol. The van der Waals surface area contributed by atoms with Crippen LogP contribution in [0, 0.1) is 8.99 Å². The summed E-state index contributed by atoms with van der Waals surface area (Å²) in [5.74, 6) is -0.777. The number of carbonyl (C=O) groups is 1. The van der Waals surface area contributed by atoms with Crippen LogP contribution in [0.1, 0.15) is 50.4 Å². The summed E-state index contributed by atoms with van der Waals surface area (Å²) in [6, 6.07) is 16.5. The van der Waals surface area contributed by atoms with E-state index in [1.807, 2.05) is 65.3 Å². The largest absolute Gasteiger partial charge is 0.507 e. The van der Waals surface area contributed by atoms with Crippen LogP contribution in [0.5, 0.6) is 5.75 Å². The Hall–Kier alpha value is -3.54. The van der Waals surface area contributed by atoms with Crippen molar-refractivity contribution in [1.29, 1.82) is 0 Å². The number of hydrogen-bond donors (Lipinski definition) is 2. The molecule has 0 aliphatic carbocycles. The van der Waals surface area contributed by atoms with Gasteiger partial charge in [-0.15, -0.1) is 0 Å². The van der Waals surface area contributed by atoms with Crippen LogP contribution in [0.2, 0.25) is 0 Å². The minimum Gasteiger partial charge on any atom is -0.507 e. The average molecular weight is 673 g/mol. The van der Waals surface area contributed by atoms with Crippen molar-refractivity contribution in [2.24, 2.45) is 10.5 Å². The molecule has 0 saturated carbocycles. The number of phenols is 1. The Balaban J connectivity index is 2.08. The lowest BCUT2D eigenvalue weighted by atomic mass is 9.88. The number of carboxylic acid groups (broad SMARTS) is 1. The first kappa shape index (κ1) is 29.4. The normalized spacial score (nSPS) is 12.1. The van der Waals surface area contributed by atoms with E-state index in [9.17, 15) is 23.4 Å². The molecule has 0 bridgehead atoms. The number of fused-ring (bicyclic) bond motifs is 1. The molecule has 0 spiro atoms. The Morgan fingerprint density at radius 3 is 2.35 bits per heavy atom. The second-order valence-corrected chi connectivity index (χ2v) is 13.7. The lowest BCUT2D eigenvalue weighted by Gasteiger charge is -2.22. The van der Waals surface area contributed by atoms with Crippen LogP contribution in [0.4, 0.5) is 5.69 Å². The molecule has 0 aliphatic rings. The van der Waals surface area contributed by atoms with E-state index in [1.165, 1.54) is 24.3 Å². The van der Waals surface area contributed by atoms with E-state index in [4.69, 9.17) is 5.53 Å². The van der Waals surface area contributed by atoms with Gasteiger partial charge >= 0.3 is 5.97 Å². The zero-order valence-electron chi connectivity index (χ0n) is 22.5. The minimum atomic E-state index is -4.14. The van der Waals surface area contributed by atoms with Gasteiger partial charge in [0.15, 0.2) is 0 Å². The molecule has 11 heteroatoms. The highest BCUT2D eigenvalue weighted by molar-refractivity contribution is 14.1. The molecule has 0 atom stereocenters. The minimum absolute atomic E-state index is 0.00644.